The van der Waals surface area contributed by atoms with Gasteiger partial charge in [-0.05, 0) is 19.1 Å². The zero-order valence-electron chi connectivity index (χ0n) is 9.06. The molecule has 0 atom stereocenters. The summed E-state index contributed by atoms with van der Waals surface area (Å²) in [5.41, 5.74) is 7.23. The molecule has 0 radical (unpaired) electrons. The molecule has 0 aliphatic heterocycles. The summed E-state index contributed by atoms with van der Waals surface area (Å²) in [6, 6.07) is 5.25. The van der Waals surface area contributed by atoms with Gasteiger partial charge in [0.15, 0.2) is 11.5 Å². The third kappa shape index (κ3) is 2.25. The van der Waals surface area contributed by atoms with Gasteiger partial charge in [0.05, 0.1) is 12.8 Å². The van der Waals surface area contributed by atoms with Gasteiger partial charge in [0.2, 0.25) is 0 Å². The second kappa shape index (κ2) is 4.40. The van der Waals surface area contributed by atoms with Gasteiger partial charge in [0.1, 0.15) is 0 Å². The standard InChI is InChI=1S/C11H12N2O2S/c1-7-6-16-11(13-7)15-9-4-3-8(12)5-10(9)14-2/h3-6H,12H2,1-2H3. The first-order valence-corrected chi connectivity index (χ1v) is 5.60. The van der Waals surface area contributed by atoms with Gasteiger partial charge in [-0.2, -0.15) is 0 Å². The Labute approximate surface area is 97.6 Å². The van der Waals surface area contributed by atoms with Crippen molar-refractivity contribution in [1.82, 2.24) is 4.98 Å². The summed E-state index contributed by atoms with van der Waals surface area (Å²) in [6.45, 7) is 1.92. The fourth-order valence-electron chi connectivity index (χ4n) is 1.24. The average molecular weight is 236 g/mol. The van der Waals surface area contributed by atoms with Gasteiger partial charge in [-0.3, -0.25) is 0 Å². The molecule has 0 saturated carbocycles. The number of hydrogen-bond donors (Lipinski definition) is 1. The number of rotatable bonds is 3. The molecule has 0 bridgehead atoms. The summed E-state index contributed by atoms with van der Waals surface area (Å²) in [6.07, 6.45) is 0. The molecule has 4 nitrogen and oxygen atoms in total. The number of ether oxygens (including phenoxy) is 2. The molecule has 84 valence electrons. The number of methoxy groups -OCH3 is 1. The Morgan fingerprint density at radius 3 is 2.75 bits per heavy atom. The van der Waals surface area contributed by atoms with Gasteiger partial charge >= 0.3 is 0 Å². The maximum Gasteiger partial charge on any atom is 0.279 e. The molecule has 2 N–H and O–H groups in total. The third-order valence-electron chi connectivity index (χ3n) is 1.98. The van der Waals surface area contributed by atoms with Crippen LogP contribution in [0.4, 0.5) is 5.69 Å². The van der Waals surface area contributed by atoms with Crippen LogP contribution < -0.4 is 15.2 Å². The van der Waals surface area contributed by atoms with E-state index in [0.29, 0.717) is 22.4 Å². The van der Waals surface area contributed by atoms with Crippen LogP contribution in [-0.2, 0) is 0 Å². The van der Waals surface area contributed by atoms with Crippen LogP contribution in [0.5, 0.6) is 16.7 Å². The van der Waals surface area contributed by atoms with E-state index in [9.17, 15) is 0 Å². The zero-order chi connectivity index (χ0) is 11.5. The van der Waals surface area contributed by atoms with Crippen molar-refractivity contribution in [1.29, 1.82) is 0 Å². The monoisotopic (exact) mass is 236 g/mol. The molecule has 1 aromatic heterocycles. The molecule has 16 heavy (non-hydrogen) atoms. The molecular formula is C11H12N2O2S. The molecule has 5 heteroatoms. The summed E-state index contributed by atoms with van der Waals surface area (Å²) in [7, 11) is 1.58. The summed E-state index contributed by atoms with van der Waals surface area (Å²) in [5.74, 6) is 1.22. The SMILES string of the molecule is COc1cc(N)ccc1Oc1nc(C)cs1. The molecule has 0 amide bonds. The molecule has 2 aromatic rings. The zero-order valence-corrected chi connectivity index (χ0v) is 9.88. The number of aromatic nitrogens is 1. The second-order valence-corrected chi connectivity index (χ2v) is 4.09. The maximum atomic E-state index is 5.65. The number of benzene rings is 1. The summed E-state index contributed by atoms with van der Waals surface area (Å²) < 4.78 is 10.8. The number of thiazole rings is 1. The summed E-state index contributed by atoms with van der Waals surface area (Å²) in [5, 5.41) is 2.53. The Morgan fingerprint density at radius 1 is 1.31 bits per heavy atom. The minimum Gasteiger partial charge on any atom is -0.493 e. The quantitative estimate of drug-likeness (QED) is 0.832. The first-order chi connectivity index (χ1) is 7.69. The molecule has 0 spiro atoms. The van der Waals surface area contributed by atoms with Crippen molar-refractivity contribution < 1.29 is 9.47 Å². The van der Waals surface area contributed by atoms with Crippen molar-refractivity contribution in [3.63, 3.8) is 0 Å². The van der Waals surface area contributed by atoms with Crippen molar-refractivity contribution >= 4 is 17.0 Å². The van der Waals surface area contributed by atoms with E-state index < -0.39 is 0 Å². The highest BCUT2D eigenvalue weighted by Crippen LogP contribution is 2.34. The Kier molecular flexibility index (Phi) is 2.96. The maximum absolute atomic E-state index is 5.65. The molecular weight excluding hydrogens is 224 g/mol. The predicted octanol–water partition coefficient (Wildman–Crippen LogP) is 2.83. The first-order valence-electron chi connectivity index (χ1n) is 4.72. The Balaban J connectivity index is 2.27. The number of nitrogens with two attached hydrogens (primary N) is 1. The lowest BCUT2D eigenvalue weighted by Gasteiger charge is -2.08. The molecule has 1 heterocycles. The number of nitrogens with zero attached hydrogens (tertiary/aromatic N) is 1. The van der Waals surface area contributed by atoms with E-state index in [1.165, 1.54) is 11.3 Å². The van der Waals surface area contributed by atoms with Crippen molar-refractivity contribution in [3.05, 3.63) is 29.3 Å². The van der Waals surface area contributed by atoms with Gasteiger partial charge in [0, 0.05) is 17.1 Å². The highest BCUT2D eigenvalue weighted by molar-refractivity contribution is 7.11. The topological polar surface area (TPSA) is 57.4 Å². The largest absolute Gasteiger partial charge is 0.493 e. The minimum atomic E-state index is 0.598. The molecule has 0 unspecified atom stereocenters. The van der Waals surface area contributed by atoms with Crippen LogP contribution in [0.25, 0.3) is 0 Å². The number of anilines is 1. The van der Waals surface area contributed by atoms with Crippen LogP contribution in [0.2, 0.25) is 0 Å². The summed E-state index contributed by atoms with van der Waals surface area (Å²) in [4.78, 5) is 4.21. The Morgan fingerprint density at radius 2 is 2.12 bits per heavy atom. The fourth-order valence-corrected chi connectivity index (χ4v) is 1.90. The number of aryl methyl sites for hydroxylation is 1. The summed E-state index contributed by atoms with van der Waals surface area (Å²) >= 11 is 1.45. The van der Waals surface area contributed by atoms with Gasteiger partial charge in [-0.25, -0.2) is 4.98 Å². The van der Waals surface area contributed by atoms with Crippen LogP contribution >= 0.6 is 11.3 Å². The van der Waals surface area contributed by atoms with E-state index in [1.807, 2.05) is 12.3 Å². The van der Waals surface area contributed by atoms with Crippen LogP contribution in [-0.4, -0.2) is 12.1 Å². The van der Waals surface area contributed by atoms with Gasteiger partial charge < -0.3 is 15.2 Å². The molecule has 2 rings (SSSR count). The lowest BCUT2D eigenvalue weighted by molar-refractivity contribution is 0.378. The fraction of sp³-hybridized carbons (Fsp3) is 0.182. The van der Waals surface area contributed by atoms with Crippen LogP contribution in [0.1, 0.15) is 5.69 Å². The van der Waals surface area contributed by atoms with E-state index in [1.54, 1.807) is 25.3 Å². The van der Waals surface area contributed by atoms with E-state index >= 15 is 0 Å². The van der Waals surface area contributed by atoms with Crippen molar-refractivity contribution in [2.75, 3.05) is 12.8 Å². The minimum absolute atomic E-state index is 0.598. The lowest BCUT2D eigenvalue weighted by atomic mass is 10.3. The third-order valence-corrected chi connectivity index (χ3v) is 2.82. The lowest BCUT2D eigenvalue weighted by Crippen LogP contribution is -1.92. The number of nitrogen functional groups attached to an aromatic ring is 1. The predicted molar refractivity (Wildman–Crippen MR) is 64.3 cm³/mol. The molecule has 0 fully saturated rings. The normalized spacial score (nSPS) is 10.1. The van der Waals surface area contributed by atoms with Crippen molar-refractivity contribution in [2.24, 2.45) is 0 Å². The first kappa shape index (κ1) is 10.8. The van der Waals surface area contributed by atoms with Crippen LogP contribution in [0.3, 0.4) is 0 Å². The van der Waals surface area contributed by atoms with E-state index in [2.05, 4.69) is 4.98 Å². The molecule has 0 aliphatic carbocycles. The highest BCUT2D eigenvalue weighted by atomic mass is 32.1. The van der Waals surface area contributed by atoms with Crippen molar-refractivity contribution in [2.45, 2.75) is 6.92 Å². The van der Waals surface area contributed by atoms with E-state index in [4.69, 9.17) is 15.2 Å². The van der Waals surface area contributed by atoms with Crippen LogP contribution in [0.15, 0.2) is 23.6 Å². The van der Waals surface area contributed by atoms with Gasteiger partial charge in [0.25, 0.3) is 5.19 Å². The van der Waals surface area contributed by atoms with E-state index in [-0.39, 0.29) is 0 Å². The Bertz CT molecular complexity index is 496. The van der Waals surface area contributed by atoms with Crippen molar-refractivity contribution in [3.8, 4) is 16.7 Å². The smallest absolute Gasteiger partial charge is 0.279 e. The molecule has 0 aliphatic rings. The van der Waals surface area contributed by atoms with Crippen LogP contribution in [0, 0.1) is 6.92 Å². The highest BCUT2D eigenvalue weighted by Gasteiger charge is 2.08. The van der Waals surface area contributed by atoms with Gasteiger partial charge in [-0.15, -0.1) is 0 Å². The second-order valence-electron chi connectivity index (χ2n) is 3.27. The average Bonchev–Trinajstić information content (AvgIpc) is 2.67. The number of hydrogen-bond acceptors (Lipinski definition) is 5. The molecule has 0 saturated heterocycles. The molecule has 1 aromatic carbocycles. The van der Waals surface area contributed by atoms with Gasteiger partial charge in [-0.1, -0.05) is 11.3 Å². The van der Waals surface area contributed by atoms with E-state index in [0.717, 1.165) is 5.69 Å². The Hall–Kier alpha value is -1.75.